The molecule has 1 N–H and O–H groups in total. The van der Waals surface area contributed by atoms with Gasteiger partial charge in [-0.1, -0.05) is 42.0 Å². The van der Waals surface area contributed by atoms with E-state index in [1.165, 1.54) is 23.1 Å². The number of hydrogen-bond donors (Lipinski definition) is 1. The molecule has 0 aromatic heterocycles. The molecule has 1 amide bonds. The number of ketones is 1. The van der Waals surface area contributed by atoms with E-state index in [4.69, 9.17) is 4.74 Å². The fourth-order valence-electron chi connectivity index (χ4n) is 4.66. The molecular formula is C30H31N3O6. The lowest BCUT2D eigenvalue weighted by Gasteiger charge is -2.25. The lowest BCUT2D eigenvalue weighted by Crippen LogP contribution is -2.32. The molecule has 39 heavy (non-hydrogen) atoms. The second-order valence-electron chi connectivity index (χ2n) is 9.80. The van der Waals surface area contributed by atoms with Crippen LogP contribution in [0.1, 0.15) is 34.7 Å². The number of aliphatic hydroxyl groups is 1. The molecule has 1 aliphatic rings. The first-order valence-electron chi connectivity index (χ1n) is 12.6. The van der Waals surface area contributed by atoms with E-state index in [1.807, 2.05) is 50.2 Å². The Kier molecular flexibility index (Phi) is 8.41. The van der Waals surface area contributed by atoms with E-state index in [0.29, 0.717) is 36.4 Å². The molecule has 1 atom stereocenters. The standard InChI is InChI=1S/C30H31N3O6/c1-20-7-4-8-21(17-20)19-39-25-13-11-22(12-14-25)28(34)26-27(23-9-5-10-24(18-23)33(37)38)32(30(36)29(26)35)16-6-15-31(2)3/h4-5,7-14,17-18,27,34H,6,15-16,19H2,1-3H3. The molecule has 9 nitrogen and oxygen atoms in total. The van der Waals surface area contributed by atoms with E-state index < -0.39 is 22.7 Å². The van der Waals surface area contributed by atoms with Gasteiger partial charge >= 0.3 is 0 Å². The molecule has 0 radical (unpaired) electrons. The van der Waals surface area contributed by atoms with Gasteiger partial charge in [0.25, 0.3) is 17.4 Å². The number of nitro groups is 1. The van der Waals surface area contributed by atoms with E-state index in [9.17, 15) is 24.8 Å². The van der Waals surface area contributed by atoms with Crippen molar-refractivity contribution >= 4 is 23.1 Å². The van der Waals surface area contributed by atoms with Crippen molar-refractivity contribution in [1.29, 1.82) is 0 Å². The van der Waals surface area contributed by atoms with Gasteiger partial charge in [0.1, 0.15) is 18.1 Å². The number of carbonyl (C=O) groups is 2. The predicted octanol–water partition coefficient (Wildman–Crippen LogP) is 4.86. The second kappa shape index (κ2) is 11.9. The molecule has 4 rings (SSSR count). The third-order valence-corrected chi connectivity index (χ3v) is 6.56. The molecule has 3 aromatic rings. The molecule has 0 aliphatic carbocycles. The van der Waals surface area contributed by atoms with Crippen LogP contribution in [0.3, 0.4) is 0 Å². The van der Waals surface area contributed by atoms with Crippen LogP contribution in [0.4, 0.5) is 5.69 Å². The van der Waals surface area contributed by atoms with Crippen LogP contribution in [0.2, 0.25) is 0 Å². The Bertz CT molecular complexity index is 1410. The lowest BCUT2D eigenvalue weighted by atomic mass is 9.95. The number of carbonyl (C=O) groups excluding carboxylic acids is 2. The number of nitro benzene ring substituents is 1. The number of non-ortho nitro benzene ring substituents is 1. The van der Waals surface area contributed by atoms with Crippen LogP contribution in [-0.4, -0.2) is 58.7 Å². The van der Waals surface area contributed by atoms with Crippen LogP contribution in [0, 0.1) is 17.0 Å². The molecule has 0 spiro atoms. The highest BCUT2D eigenvalue weighted by molar-refractivity contribution is 6.46. The van der Waals surface area contributed by atoms with Crippen molar-refractivity contribution < 1.29 is 24.4 Å². The number of nitrogens with zero attached hydrogens (tertiary/aromatic N) is 3. The Hall–Kier alpha value is -4.50. The van der Waals surface area contributed by atoms with Crippen LogP contribution >= 0.6 is 0 Å². The first-order chi connectivity index (χ1) is 18.7. The van der Waals surface area contributed by atoms with Gasteiger partial charge in [-0.05, 0) is 69.4 Å². The van der Waals surface area contributed by atoms with Crippen LogP contribution in [0.15, 0.2) is 78.4 Å². The number of Topliss-reactive ketones (excluding diaryl/α,β-unsaturated/α-hetero) is 1. The van der Waals surface area contributed by atoms with Crippen LogP contribution in [0.5, 0.6) is 5.75 Å². The highest BCUT2D eigenvalue weighted by Crippen LogP contribution is 2.40. The van der Waals surface area contributed by atoms with Gasteiger partial charge in [-0.15, -0.1) is 0 Å². The number of benzene rings is 3. The van der Waals surface area contributed by atoms with Gasteiger partial charge in [-0.25, -0.2) is 0 Å². The predicted molar refractivity (Wildman–Crippen MR) is 147 cm³/mol. The van der Waals surface area contributed by atoms with Gasteiger partial charge in [-0.3, -0.25) is 19.7 Å². The van der Waals surface area contributed by atoms with Crippen molar-refractivity contribution in [1.82, 2.24) is 9.80 Å². The summed E-state index contributed by atoms with van der Waals surface area (Å²) in [6, 6.07) is 19.4. The van der Waals surface area contributed by atoms with E-state index >= 15 is 0 Å². The van der Waals surface area contributed by atoms with Crippen molar-refractivity contribution in [3.63, 3.8) is 0 Å². The third-order valence-electron chi connectivity index (χ3n) is 6.56. The summed E-state index contributed by atoms with van der Waals surface area (Å²) < 4.78 is 5.86. The van der Waals surface area contributed by atoms with E-state index in [0.717, 1.165) is 11.1 Å². The SMILES string of the molecule is Cc1cccc(COc2ccc(C(O)=C3C(=O)C(=O)N(CCCN(C)C)C3c3cccc([N+](=O)[O-])c3)cc2)c1. The number of likely N-dealkylation sites (tertiary alicyclic amines) is 1. The Labute approximate surface area is 227 Å². The topological polar surface area (TPSA) is 113 Å². The van der Waals surface area contributed by atoms with E-state index in [1.54, 1.807) is 30.3 Å². The summed E-state index contributed by atoms with van der Waals surface area (Å²) in [6.07, 6.45) is 0.582. The van der Waals surface area contributed by atoms with Gasteiger partial charge in [0, 0.05) is 24.2 Å². The molecule has 0 bridgehead atoms. The summed E-state index contributed by atoms with van der Waals surface area (Å²) in [4.78, 5) is 40.5. The molecule has 1 unspecified atom stereocenters. The fourth-order valence-corrected chi connectivity index (χ4v) is 4.66. The monoisotopic (exact) mass is 529 g/mol. The van der Waals surface area contributed by atoms with Gasteiger partial charge in [0.15, 0.2) is 0 Å². The van der Waals surface area contributed by atoms with Gasteiger partial charge in [0.2, 0.25) is 0 Å². The summed E-state index contributed by atoms with van der Waals surface area (Å²) >= 11 is 0. The number of aryl methyl sites for hydroxylation is 1. The zero-order valence-corrected chi connectivity index (χ0v) is 22.2. The van der Waals surface area contributed by atoms with Crippen molar-refractivity contribution in [2.75, 3.05) is 27.2 Å². The number of aliphatic hydroxyl groups excluding tert-OH is 1. The maximum absolute atomic E-state index is 13.2. The summed E-state index contributed by atoms with van der Waals surface area (Å²) in [6.45, 7) is 3.30. The average Bonchev–Trinajstić information content (AvgIpc) is 3.17. The number of rotatable bonds is 10. The maximum Gasteiger partial charge on any atom is 0.295 e. The van der Waals surface area contributed by atoms with E-state index in [-0.39, 0.29) is 23.6 Å². The zero-order chi connectivity index (χ0) is 28.1. The zero-order valence-electron chi connectivity index (χ0n) is 22.2. The Morgan fingerprint density at radius 1 is 1.05 bits per heavy atom. The minimum atomic E-state index is -0.954. The molecule has 1 saturated heterocycles. The molecule has 202 valence electrons. The Balaban J connectivity index is 1.66. The molecule has 1 fully saturated rings. The maximum atomic E-state index is 13.2. The minimum Gasteiger partial charge on any atom is -0.507 e. The van der Waals surface area contributed by atoms with Crippen molar-refractivity contribution in [3.8, 4) is 5.75 Å². The Morgan fingerprint density at radius 3 is 2.44 bits per heavy atom. The summed E-state index contributed by atoms with van der Waals surface area (Å²) in [7, 11) is 3.81. The van der Waals surface area contributed by atoms with Crippen LogP contribution in [0.25, 0.3) is 5.76 Å². The van der Waals surface area contributed by atoms with Crippen LogP contribution in [-0.2, 0) is 16.2 Å². The Morgan fingerprint density at radius 2 is 1.77 bits per heavy atom. The molecule has 3 aromatic carbocycles. The molecular weight excluding hydrogens is 498 g/mol. The third kappa shape index (κ3) is 6.32. The van der Waals surface area contributed by atoms with Crippen molar-refractivity contribution in [2.45, 2.75) is 26.0 Å². The first kappa shape index (κ1) is 27.5. The minimum absolute atomic E-state index is 0.0984. The van der Waals surface area contributed by atoms with Gasteiger partial charge < -0.3 is 19.6 Å². The van der Waals surface area contributed by atoms with Crippen molar-refractivity contribution in [2.24, 2.45) is 0 Å². The summed E-state index contributed by atoms with van der Waals surface area (Å²) in [5, 5.41) is 22.7. The fraction of sp³-hybridized carbons (Fsp3) is 0.267. The number of amides is 1. The highest BCUT2D eigenvalue weighted by Gasteiger charge is 2.46. The highest BCUT2D eigenvalue weighted by atomic mass is 16.6. The summed E-state index contributed by atoms with van der Waals surface area (Å²) in [5.74, 6) is -1.34. The average molecular weight is 530 g/mol. The van der Waals surface area contributed by atoms with Gasteiger partial charge in [-0.2, -0.15) is 0 Å². The summed E-state index contributed by atoms with van der Waals surface area (Å²) in [5.41, 5.74) is 2.61. The molecule has 9 heteroatoms. The number of hydrogen-bond acceptors (Lipinski definition) is 7. The van der Waals surface area contributed by atoms with E-state index in [2.05, 4.69) is 0 Å². The van der Waals surface area contributed by atoms with Gasteiger partial charge in [0.05, 0.1) is 16.5 Å². The largest absolute Gasteiger partial charge is 0.507 e. The van der Waals surface area contributed by atoms with Crippen molar-refractivity contribution in [3.05, 3.63) is 111 Å². The number of ether oxygens (including phenoxy) is 1. The quantitative estimate of drug-likeness (QED) is 0.131. The van der Waals surface area contributed by atoms with Crippen LogP contribution < -0.4 is 4.74 Å². The second-order valence-corrected chi connectivity index (χ2v) is 9.80. The smallest absolute Gasteiger partial charge is 0.295 e. The first-order valence-corrected chi connectivity index (χ1v) is 12.6. The molecule has 1 aliphatic heterocycles. The molecule has 1 heterocycles. The lowest BCUT2D eigenvalue weighted by molar-refractivity contribution is -0.384. The molecule has 0 saturated carbocycles. The normalized spacial score (nSPS) is 16.6.